The van der Waals surface area contributed by atoms with Gasteiger partial charge in [-0.15, -0.1) is 0 Å². The van der Waals surface area contributed by atoms with Crippen LogP contribution in [0.25, 0.3) is 0 Å². The lowest BCUT2D eigenvalue weighted by Crippen LogP contribution is -2.37. The van der Waals surface area contributed by atoms with Crippen LogP contribution in [0, 0.1) is 0 Å². The lowest BCUT2D eigenvalue weighted by molar-refractivity contribution is -0.116. The van der Waals surface area contributed by atoms with Gasteiger partial charge >= 0.3 is 0 Å². The highest BCUT2D eigenvalue weighted by Gasteiger charge is 2.26. The van der Waals surface area contributed by atoms with Crippen LogP contribution in [0.2, 0.25) is 0 Å². The van der Waals surface area contributed by atoms with E-state index < -0.39 is 10.0 Å². The monoisotopic (exact) mass is 372 g/mol. The van der Waals surface area contributed by atoms with Crippen LogP contribution in [-0.4, -0.2) is 26.6 Å². The van der Waals surface area contributed by atoms with Gasteiger partial charge in [-0.1, -0.05) is 43.3 Å². The van der Waals surface area contributed by atoms with Gasteiger partial charge in [0.2, 0.25) is 15.9 Å². The maximum Gasteiger partial charge on any atom is 0.235 e. The molecular formula is C20H24N2O3S. The molecule has 1 amide bonds. The summed E-state index contributed by atoms with van der Waals surface area (Å²) in [5.41, 5.74) is 2.35. The number of rotatable bonds is 5. The van der Waals surface area contributed by atoms with Crippen molar-refractivity contribution in [3.05, 3.63) is 60.2 Å². The normalized spacial score (nSPS) is 17.5. The second-order valence-electron chi connectivity index (χ2n) is 6.71. The number of nitrogens with zero attached hydrogens (tertiary/aromatic N) is 1. The molecule has 1 unspecified atom stereocenters. The second-order valence-corrected chi connectivity index (χ2v) is 8.72. The zero-order valence-corrected chi connectivity index (χ0v) is 15.7. The summed E-state index contributed by atoms with van der Waals surface area (Å²) in [4.78, 5) is 12.4. The molecule has 0 spiro atoms. The van der Waals surface area contributed by atoms with E-state index in [0.717, 1.165) is 12.0 Å². The number of carbonyl (C=O) groups is 1. The topological polar surface area (TPSA) is 66.5 Å². The highest BCUT2D eigenvalue weighted by atomic mass is 32.2. The molecule has 2 aromatic rings. The minimum absolute atomic E-state index is 0.0833. The first-order valence-corrected chi connectivity index (χ1v) is 10.5. The van der Waals surface area contributed by atoms with Crippen molar-refractivity contribution in [1.82, 2.24) is 0 Å². The SMILES string of the molecule is CC(CC(=O)Nc1cccc(N2CCCCS2(=O)=O)c1)c1ccccc1. The van der Waals surface area contributed by atoms with Crippen molar-refractivity contribution in [3.8, 4) is 0 Å². The molecule has 138 valence electrons. The Kier molecular flexibility index (Phi) is 5.61. The van der Waals surface area contributed by atoms with Crippen molar-refractivity contribution >= 4 is 27.3 Å². The summed E-state index contributed by atoms with van der Waals surface area (Å²) in [7, 11) is -3.26. The molecule has 1 aliphatic rings. The largest absolute Gasteiger partial charge is 0.326 e. The zero-order valence-electron chi connectivity index (χ0n) is 14.9. The van der Waals surface area contributed by atoms with Crippen molar-refractivity contribution < 1.29 is 13.2 Å². The third-order valence-corrected chi connectivity index (χ3v) is 6.50. The first-order chi connectivity index (χ1) is 12.5. The molecule has 0 bridgehead atoms. The summed E-state index contributed by atoms with van der Waals surface area (Å²) >= 11 is 0. The molecule has 5 nitrogen and oxygen atoms in total. The third-order valence-electron chi connectivity index (χ3n) is 4.63. The standard InChI is InChI=1S/C20H24N2O3S/c1-16(17-8-3-2-4-9-17)14-20(23)21-18-10-7-11-19(15-18)22-12-5-6-13-26(22,24)25/h2-4,7-11,15-16H,5-6,12-14H2,1H3,(H,21,23). The molecule has 0 saturated carbocycles. The number of sulfonamides is 1. The lowest BCUT2D eigenvalue weighted by atomic mass is 9.97. The predicted octanol–water partition coefficient (Wildman–Crippen LogP) is 3.75. The second kappa shape index (κ2) is 7.91. The van der Waals surface area contributed by atoms with Crippen LogP contribution in [0.5, 0.6) is 0 Å². The number of nitrogens with one attached hydrogen (secondary N) is 1. The van der Waals surface area contributed by atoms with Crippen molar-refractivity contribution in [2.24, 2.45) is 0 Å². The molecule has 1 aliphatic heterocycles. The highest BCUT2D eigenvalue weighted by Crippen LogP contribution is 2.26. The van der Waals surface area contributed by atoms with E-state index >= 15 is 0 Å². The van der Waals surface area contributed by atoms with Crippen molar-refractivity contribution in [1.29, 1.82) is 0 Å². The third kappa shape index (κ3) is 4.43. The van der Waals surface area contributed by atoms with Gasteiger partial charge in [0.1, 0.15) is 0 Å². The van der Waals surface area contributed by atoms with Crippen molar-refractivity contribution in [3.63, 3.8) is 0 Å². The first-order valence-electron chi connectivity index (χ1n) is 8.91. The predicted molar refractivity (Wildman–Crippen MR) is 105 cm³/mol. The smallest absolute Gasteiger partial charge is 0.235 e. The summed E-state index contributed by atoms with van der Waals surface area (Å²) < 4.78 is 26.0. The lowest BCUT2D eigenvalue weighted by Gasteiger charge is -2.28. The van der Waals surface area contributed by atoms with E-state index in [1.54, 1.807) is 24.3 Å². The average molecular weight is 372 g/mol. The molecule has 0 radical (unpaired) electrons. The van der Waals surface area contributed by atoms with Gasteiger partial charge in [-0.25, -0.2) is 8.42 Å². The number of hydrogen-bond donors (Lipinski definition) is 1. The van der Waals surface area contributed by atoms with E-state index in [1.165, 1.54) is 4.31 Å². The molecule has 2 aromatic carbocycles. The molecule has 6 heteroatoms. The number of carbonyl (C=O) groups excluding carboxylic acids is 1. The maximum atomic E-state index is 12.4. The molecule has 26 heavy (non-hydrogen) atoms. The zero-order chi connectivity index (χ0) is 18.6. The fourth-order valence-corrected chi connectivity index (χ4v) is 4.84. The number of amides is 1. The van der Waals surface area contributed by atoms with E-state index in [4.69, 9.17) is 0 Å². The van der Waals surface area contributed by atoms with Crippen LogP contribution in [0.1, 0.15) is 37.7 Å². The Morgan fingerprint density at radius 3 is 2.62 bits per heavy atom. The molecule has 1 atom stereocenters. The Hall–Kier alpha value is -2.34. The highest BCUT2D eigenvalue weighted by molar-refractivity contribution is 7.92. The van der Waals surface area contributed by atoms with Gasteiger partial charge < -0.3 is 5.32 Å². The maximum absolute atomic E-state index is 12.4. The minimum Gasteiger partial charge on any atom is -0.326 e. The minimum atomic E-state index is -3.26. The van der Waals surface area contributed by atoms with Crippen molar-refractivity contribution in [2.75, 3.05) is 21.9 Å². The van der Waals surface area contributed by atoms with Crippen LogP contribution < -0.4 is 9.62 Å². The van der Waals surface area contributed by atoms with Gasteiger partial charge in [0.15, 0.2) is 0 Å². The van der Waals surface area contributed by atoms with Crippen LogP contribution in [0.4, 0.5) is 11.4 Å². The Balaban J connectivity index is 1.68. The Morgan fingerprint density at radius 1 is 1.12 bits per heavy atom. The molecule has 0 aliphatic carbocycles. The van der Waals surface area contributed by atoms with E-state index in [2.05, 4.69) is 5.32 Å². The average Bonchev–Trinajstić information content (AvgIpc) is 2.62. The van der Waals surface area contributed by atoms with E-state index in [0.29, 0.717) is 30.8 Å². The molecule has 1 N–H and O–H groups in total. The number of benzene rings is 2. The van der Waals surface area contributed by atoms with Crippen molar-refractivity contribution in [2.45, 2.75) is 32.1 Å². The Bertz CT molecular complexity index is 866. The van der Waals surface area contributed by atoms with Crippen LogP contribution in [0.15, 0.2) is 54.6 Å². The molecule has 1 saturated heterocycles. The Labute approximate surface area is 155 Å². The fourth-order valence-electron chi connectivity index (χ4n) is 3.21. The molecular weight excluding hydrogens is 348 g/mol. The van der Waals surface area contributed by atoms with Crippen LogP contribution in [-0.2, 0) is 14.8 Å². The quantitative estimate of drug-likeness (QED) is 0.869. The Morgan fingerprint density at radius 2 is 1.88 bits per heavy atom. The van der Waals surface area contributed by atoms with Gasteiger partial charge in [0.05, 0.1) is 11.4 Å². The number of anilines is 2. The van der Waals surface area contributed by atoms with Crippen LogP contribution >= 0.6 is 0 Å². The van der Waals surface area contributed by atoms with Gasteiger partial charge in [-0.2, -0.15) is 0 Å². The number of hydrogen-bond acceptors (Lipinski definition) is 3. The molecule has 0 aromatic heterocycles. The van der Waals surface area contributed by atoms with Crippen LogP contribution in [0.3, 0.4) is 0 Å². The summed E-state index contributed by atoms with van der Waals surface area (Å²) in [5.74, 6) is 0.208. The summed E-state index contributed by atoms with van der Waals surface area (Å²) in [6, 6.07) is 17.0. The molecule has 1 heterocycles. The van der Waals surface area contributed by atoms with Gasteiger partial charge in [-0.05, 0) is 42.5 Å². The van der Waals surface area contributed by atoms with E-state index in [1.807, 2.05) is 37.3 Å². The summed E-state index contributed by atoms with van der Waals surface area (Å²) in [5, 5.41) is 2.89. The molecule has 3 rings (SSSR count). The van der Waals surface area contributed by atoms with Gasteiger partial charge in [0, 0.05) is 18.7 Å². The first kappa shape index (κ1) is 18.5. The van der Waals surface area contributed by atoms with Gasteiger partial charge in [-0.3, -0.25) is 9.10 Å². The molecule has 1 fully saturated rings. The summed E-state index contributed by atoms with van der Waals surface area (Å²) in [6.45, 7) is 2.51. The van der Waals surface area contributed by atoms with E-state index in [9.17, 15) is 13.2 Å². The summed E-state index contributed by atoms with van der Waals surface area (Å²) in [6.07, 6.45) is 1.92. The van der Waals surface area contributed by atoms with E-state index in [-0.39, 0.29) is 17.6 Å². The van der Waals surface area contributed by atoms with Gasteiger partial charge in [0.25, 0.3) is 0 Å². The fraction of sp³-hybridized carbons (Fsp3) is 0.350.